The predicted octanol–water partition coefficient (Wildman–Crippen LogP) is 3.24. The van der Waals surface area contributed by atoms with Gasteiger partial charge in [0.2, 0.25) is 0 Å². The van der Waals surface area contributed by atoms with E-state index in [1.807, 2.05) is 25.1 Å². The summed E-state index contributed by atoms with van der Waals surface area (Å²) in [5.74, 6) is 0.542. The number of carbonyl (C=O) groups excluding carboxylic acids is 1. The van der Waals surface area contributed by atoms with E-state index in [0.29, 0.717) is 21.9 Å². The lowest BCUT2D eigenvalue weighted by Gasteiger charge is -2.21. The fourth-order valence-electron chi connectivity index (χ4n) is 2.25. The summed E-state index contributed by atoms with van der Waals surface area (Å²) in [7, 11) is 1.54. The maximum atomic E-state index is 12.1. The number of nitrogens with one attached hydrogen (secondary N) is 1. The Kier molecular flexibility index (Phi) is 6.16. The lowest BCUT2D eigenvalue weighted by molar-refractivity contribution is 0.0961. The van der Waals surface area contributed by atoms with Crippen molar-refractivity contribution in [1.29, 1.82) is 0 Å². The molecule has 2 rings (SSSR count). The van der Waals surface area contributed by atoms with Crippen molar-refractivity contribution < 1.29 is 14.6 Å². The molecule has 0 aliphatic rings. The minimum atomic E-state index is -0.776. The van der Waals surface area contributed by atoms with Crippen molar-refractivity contribution >= 4 is 17.4 Å². The van der Waals surface area contributed by atoms with E-state index in [-0.39, 0.29) is 18.4 Å². The monoisotopic (exact) mass is 333 g/mol. The Hall–Kier alpha value is -1.88. The summed E-state index contributed by atoms with van der Waals surface area (Å²) < 4.78 is 5.09. The molecule has 0 heterocycles. The van der Waals surface area contributed by atoms with Crippen LogP contribution in [0.1, 0.15) is 28.9 Å². The van der Waals surface area contributed by atoms with Gasteiger partial charge in [-0.25, -0.2) is 0 Å². The van der Waals surface area contributed by atoms with Crippen molar-refractivity contribution in [1.82, 2.24) is 5.32 Å². The van der Waals surface area contributed by atoms with E-state index in [1.54, 1.807) is 30.3 Å². The molecule has 0 aliphatic carbocycles. The van der Waals surface area contributed by atoms with Crippen LogP contribution in [0.4, 0.5) is 0 Å². The number of hydrogen-bond donors (Lipinski definition) is 2. The van der Waals surface area contributed by atoms with Crippen molar-refractivity contribution in [2.75, 3.05) is 13.7 Å². The van der Waals surface area contributed by atoms with Crippen LogP contribution < -0.4 is 10.1 Å². The second-order valence-corrected chi connectivity index (χ2v) is 5.70. The summed E-state index contributed by atoms with van der Waals surface area (Å²) in [5, 5.41) is 13.9. The van der Waals surface area contributed by atoms with E-state index in [9.17, 15) is 9.90 Å². The van der Waals surface area contributed by atoms with Gasteiger partial charge in [0.25, 0.3) is 0 Å². The van der Waals surface area contributed by atoms with Crippen LogP contribution in [0, 0.1) is 0 Å². The summed E-state index contributed by atoms with van der Waals surface area (Å²) in [5.41, 5.74) is 1.32. The molecule has 0 radical (unpaired) electrons. The summed E-state index contributed by atoms with van der Waals surface area (Å²) in [6, 6.07) is 13.9. The first kappa shape index (κ1) is 17.5. The Morgan fingerprint density at radius 1 is 1.26 bits per heavy atom. The van der Waals surface area contributed by atoms with Gasteiger partial charge in [0.1, 0.15) is 5.75 Å². The van der Waals surface area contributed by atoms with Gasteiger partial charge < -0.3 is 15.2 Å². The van der Waals surface area contributed by atoms with Crippen molar-refractivity contribution in [2.24, 2.45) is 0 Å². The topological polar surface area (TPSA) is 58.6 Å². The molecule has 0 aromatic heterocycles. The molecular weight excluding hydrogens is 314 g/mol. The normalized spacial score (nSPS) is 13.4. The summed E-state index contributed by atoms with van der Waals surface area (Å²) in [4.78, 5) is 12.1. The second kappa shape index (κ2) is 8.11. The number of Topliss-reactive ketones (excluding diaryl/α,β-unsaturated/α-hetero) is 1. The molecule has 0 unspecified atom stereocenters. The number of rotatable bonds is 7. The van der Waals surface area contributed by atoms with Gasteiger partial charge in [0, 0.05) is 11.6 Å². The highest BCUT2D eigenvalue weighted by Crippen LogP contribution is 2.28. The lowest BCUT2D eigenvalue weighted by atomic mass is 10.0. The van der Waals surface area contributed by atoms with Gasteiger partial charge in [-0.05, 0) is 24.6 Å². The van der Waals surface area contributed by atoms with Crippen LogP contribution in [0.2, 0.25) is 5.02 Å². The molecule has 0 amide bonds. The molecule has 0 spiro atoms. The highest BCUT2D eigenvalue weighted by atomic mass is 35.5. The average molecular weight is 334 g/mol. The Labute approximate surface area is 141 Å². The third-order valence-electron chi connectivity index (χ3n) is 3.67. The standard InChI is InChI=1S/C18H20ClNO3/c1-12(20-11-16(21)13-6-4-3-5-7-13)18(22)14-8-9-17(23-2)15(19)10-14/h3-10,12,18,20,22H,11H2,1-2H3/t12-,18-/m0/s1. The molecule has 122 valence electrons. The third-order valence-corrected chi connectivity index (χ3v) is 3.97. The van der Waals surface area contributed by atoms with Gasteiger partial charge in [0.15, 0.2) is 5.78 Å². The Morgan fingerprint density at radius 2 is 1.96 bits per heavy atom. The molecule has 4 nitrogen and oxygen atoms in total. The van der Waals surface area contributed by atoms with Gasteiger partial charge in [0.05, 0.1) is 24.8 Å². The number of ether oxygens (including phenoxy) is 1. The fourth-order valence-corrected chi connectivity index (χ4v) is 2.51. The first-order valence-corrected chi connectivity index (χ1v) is 7.74. The predicted molar refractivity (Wildman–Crippen MR) is 91.2 cm³/mol. The number of aliphatic hydroxyl groups excluding tert-OH is 1. The Bertz CT molecular complexity index is 661. The number of ketones is 1. The molecule has 2 aromatic rings. The highest BCUT2D eigenvalue weighted by Gasteiger charge is 2.18. The quantitative estimate of drug-likeness (QED) is 0.764. The van der Waals surface area contributed by atoms with Gasteiger partial charge in [-0.3, -0.25) is 4.79 Å². The summed E-state index contributed by atoms with van der Waals surface area (Å²) >= 11 is 6.08. The van der Waals surface area contributed by atoms with E-state index in [1.165, 1.54) is 7.11 Å². The van der Waals surface area contributed by atoms with Gasteiger partial charge in [-0.2, -0.15) is 0 Å². The molecule has 23 heavy (non-hydrogen) atoms. The van der Waals surface area contributed by atoms with Gasteiger partial charge in [-0.1, -0.05) is 48.0 Å². The zero-order chi connectivity index (χ0) is 16.8. The van der Waals surface area contributed by atoms with E-state index >= 15 is 0 Å². The first-order chi connectivity index (χ1) is 11.0. The first-order valence-electron chi connectivity index (χ1n) is 7.36. The van der Waals surface area contributed by atoms with Crippen molar-refractivity contribution in [3.8, 4) is 5.75 Å². The number of hydrogen-bond acceptors (Lipinski definition) is 4. The minimum absolute atomic E-state index is 0.0163. The van der Waals surface area contributed by atoms with Crippen molar-refractivity contribution in [3.05, 3.63) is 64.7 Å². The number of aliphatic hydroxyl groups is 1. The van der Waals surface area contributed by atoms with E-state index in [0.717, 1.165) is 0 Å². The molecule has 5 heteroatoms. The zero-order valence-corrected chi connectivity index (χ0v) is 13.9. The van der Waals surface area contributed by atoms with Crippen LogP contribution in [-0.4, -0.2) is 30.6 Å². The summed E-state index contributed by atoms with van der Waals surface area (Å²) in [6.07, 6.45) is -0.776. The minimum Gasteiger partial charge on any atom is -0.495 e. The van der Waals surface area contributed by atoms with Crippen molar-refractivity contribution in [2.45, 2.75) is 19.1 Å². The molecule has 2 aromatic carbocycles. The molecule has 2 N–H and O–H groups in total. The largest absolute Gasteiger partial charge is 0.495 e. The van der Waals surface area contributed by atoms with E-state index in [2.05, 4.69) is 5.32 Å². The maximum Gasteiger partial charge on any atom is 0.176 e. The third kappa shape index (κ3) is 4.55. The molecular formula is C18H20ClNO3. The maximum absolute atomic E-state index is 12.1. The SMILES string of the molecule is COc1ccc([C@@H](O)[C@H](C)NCC(=O)c2ccccc2)cc1Cl. The molecule has 0 saturated heterocycles. The Balaban J connectivity index is 1.96. The molecule has 0 aliphatic heterocycles. The second-order valence-electron chi connectivity index (χ2n) is 5.30. The Morgan fingerprint density at radius 3 is 2.57 bits per heavy atom. The molecule has 0 bridgehead atoms. The smallest absolute Gasteiger partial charge is 0.176 e. The van der Waals surface area contributed by atoms with Crippen LogP contribution in [0.15, 0.2) is 48.5 Å². The van der Waals surface area contributed by atoms with Crippen molar-refractivity contribution in [3.63, 3.8) is 0 Å². The molecule has 0 fully saturated rings. The van der Waals surface area contributed by atoms with Gasteiger partial charge >= 0.3 is 0 Å². The molecule has 0 saturated carbocycles. The van der Waals surface area contributed by atoms with Crippen LogP contribution >= 0.6 is 11.6 Å². The van der Waals surface area contributed by atoms with Crippen LogP contribution in [0.3, 0.4) is 0 Å². The van der Waals surface area contributed by atoms with Crippen LogP contribution in [0.5, 0.6) is 5.75 Å². The number of benzene rings is 2. The summed E-state index contributed by atoms with van der Waals surface area (Å²) in [6.45, 7) is 1.98. The fraction of sp³-hybridized carbons (Fsp3) is 0.278. The number of halogens is 1. The van der Waals surface area contributed by atoms with E-state index in [4.69, 9.17) is 16.3 Å². The number of methoxy groups -OCH3 is 1. The average Bonchev–Trinajstić information content (AvgIpc) is 2.59. The lowest BCUT2D eigenvalue weighted by Crippen LogP contribution is -2.36. The van der Waals surface area contributed by atoms with E-state index < -0.39 is 6.10 Å². The van der Waals surface area contributed by atoms with Gasteiger partial charge in [-0.15, -0.1) is 0 Å². The molecule has 2 atom stereocenters. The number of carbonyl (C=O) groups is 1. The highest BCUT2D eigenvalue weighted by molar-refractivity contribution is 6.32. The van der Waals surface area contributed by atoms with Crippen LogP contribution in [0.25, 0.3) is 0 Å². The van der Waals surface area contributed by atoms with Crippen LogP contribution in [-0.2, 0) is 0 Å². The zero-order valence-electron chi connectivity index (χ0n) is 13.1.